The molecule has 0 radical (unpaired) electrons. The molecule has 19 heavy (non-hydrogen) atoms. The predicted molar refractivity (Wildman–Crippen MR) is 71.1 cm³/mol. The van der Waals surface area contributed by atoms with E-state index in [-0.39, 0.29) is 0 Å². The van der Waals surface area contributed by atoms with Crippen molar-refractivity contribution in [3.05, 3.63) is 11.9 Å². The van der Waals surface area contributed by atoms with Gasteiger partial charge < -0.3 is 19.5 Å². The monoisotopic (exact) mass is 272 g/mol. The Morgan fingerprint density at radius 1 is 1.05 bits per heavy atom. The van der Waals surface area contributed by atoms with Crippen molar-refractivity contribution >= 4 is 0 Å². The molecule has 1 aromatic rings. The van der Waals surface area contributed by atoms with Gasteiger partial charge in [-0.15, -0.1) is 5.10 Å². The van der Waals surface area contributed by atoms with E-state index in [1.807, 2.05) is 20.3 Å². The maximum atomic E-state index is 5.44. The summed E-state index contributed by atoms with van der Waals surface area (Å²) in [6, 6.07) is 0. The summed E-state index contributed by atoms with van der Waals surface area (Å²) in [5.74, 6) is 0. The Morgan fingerprint density at radius 2 is 1.68 bits per heavy atom. The van der Waals surface area contributed by atoms with Crippen LogP contribution in [-0.4, -0.2) is 68.2 Å². The topological polar surface area (TPSA) is 70.4 Å². The molecule has 1 aromatic heterocycles. The highest BCUT2D eigenvalue weighted by atomic mass is 16.5. The highest BCUT2D eigenvalue weighted by Crippen LogP contribution is 1.93. The predicted octanol–water partition coefficient (Wildman–Crippen LogP) is -0.373. The number of aromatic nitrogens is 3. The molecule has 0 spiro atoms. The molecule has 0 bridgehead atoms. The smallest absolute Gasteiger partial charge is 0.0849 e. The number of nitrogens with one attached hydrogen (secondary N) is 1. The van der Waals surface area contributed by atoms with E-state index < -0.39 is 0 Å². The van der Waals surface area contributed by atoms with Crippen LogP contribution in [0.3, 0.4) is 0 Å². The van der Waals surface area contributed by atoms with Crippen LogP contribution in [-0.2, 0) is 27.7 Å². The molecule has 0 fully saturated rings. The van der Waals surface area contributed by atoms with Gasteiger partial charge in [-0.3, -0.25) is 4.68 Å². The summed E-state index contributed by atoms with van der Waals surface area (Å²) >= 11 is 0. The molecular weight excluding hydrogens is 248 g/mol. The van der Waals surface area contributed by atoms with Crippen molar-refractivity contribution in [2.45, 2.75) is 6.42 Å². The average molecular weight is 272 g/mol. The number of ether oxygens (including phenoxy) is 3. The third-order valence-corrected chi connectivity index (χ3v) is 2.39. The molecule has 1 N–H and O–H groups in total. The third kappa shape index (κ3) is 8.66. The molecule has 0 aliphatic rings. The maximum Gasteiger partial charge on any atom is 0.0849 e. The first-order valence-corrected chi connectivity index (χ1v) is 6.56. The Labute approximate surface area is 114 Å². The van der Waals surface area contributed by atoms with Gasteiger partial charge in [-0.1, -0.05) is 5.21 Å². The van der Waals surface area contributed by atoms with Crippen molar-refractivity contribution in [1.29, 1.82) is 0 Å². The largest absolute Gasteiger partial charge is 0.379 e. The Bertz CT molecular complexity index is 320. The van der Waals surface area contributed by atoms with E-state index in [4.69, 9.17) is 14.2 Å². The van der Waals surface area contributed by atoms with Crippen molar-refractivity contribution in [2.24, 2.45) is 7.05 Å². The highest BCUT2D eigenvalue weighted by Gasteiger charge is 1.98. The molecule has 7 nitrogen and oxygen atoms in total. The Hall–Kier alpha value is -1.02. The van der Waals surface area contributed by atoms with Crippen molar-refractivity contribution in [1.82, 2.24) is 20.3 Å². The van der Waals surface area contributed by atoms with Gasteiger partial charge >= 0.3 is 0 Å². The van der Waals surface area contributed by atoms with E-state index in [0.29, 0.717) is 39.6 Å². The maximum absolute atomic E-state index is 5.44. The standard InChI is InChI=1S/C12H24N4O3/c1-13-4-6-18-8-10-19-9-7-17-5-3-12-11-16(2)15-14-12/h11,13H,3-10H2,1-2H3. The van der Waals surface area contributed by atoms with Crippen LogP contribution < -0.4 is 5.32 Å². The van der Waals surface area contributed by atoms with Gasteiger partial charge in [0.05, 0.1) is 45.3 Å². The van der Waals surface area contributed by atoms with Gasteiger partial charge in [0.25, 0.3) is 0 Å². The Balaban J connectivity index is 1.79. The molecule has 0 unspecified atom stereocenters. The molecule has 110 valence electrons. The second kappa shape index (κ2) is 10.9. The molecule has 7 heteroatoms. The molecular formula is C12H24N4O3. The zero-order chi connectivity index (χ0) is 13.8. The summed E-state index contributed by atoms with van der Waals surface area (Å²) in [5.41, 5.74) is 0.946. The van der Waals surface area contributed by atoms with Crippen LogP contribution >= 0.6 is 0 Å². The van der Waals surface area contributed by atoms with Crippen LogP contribution in [0.25, 0.3) is 0 Å². The van der Waals surface area contributed by atoms with Gasteiger partial charge in [0.2, 0.25) is 0 Å². The lowest BCUT2D eigenvalue weighted by atomic mass is 10.3. The highest BCUT2D eigenvalue weighted by molar-refractivity contribution is 4.91. The Kier molecular flexibility index (Phi) is 9.17. The molecule has 0 saturated carbocycles. The molecule has 1 rings (SSSR count). The van der Waals surface area contributed by atoms with E-state index in [2.05, 4.69) is 15.6 Å². The SMILES string of the molecule is CNCCOCCOCCOCCc1cn(C)nn1. The van der Waals surface area contributed by atoms with Crippen molar-refractivity contribution in [3.63, 3.8) is 0 Å². The fraction of sp³-hybridized carbons (Fsp3) is 0.833. The third-order valence-electron chi connectivity index (χ3n) is 2.39. The quantitative estimate of drug-likeness (QED) is 0.523. The zero-order valence-electron chi connectivity index (χ0n) is 11.8. The first-order chi connectivity index (χ1) is 9.33. The fourth-order valence-corrected chi connectivity index (χ4v) is 1.40. The van der Waals surface area contributed by atoms with Crippen molar-refractivity contribution < 1.29 is 14.2 Å². The number of hydrogen-bond donors (Lipinski definition) is 1. The number of rotatable bonds is 12. The lowest BCUT2D eigenvalue weighted by Gasteiger charge is -2.06. The first-order valence-electron chi connectivity index (χ1n) is 6.56. The molecule has 0 saturated heterocycles. The van der Waals surface area contributed by atoms with Gasteiger partial charge in [0.15, 0.2) is 0 Å². The molecule has 1 heterocycles. The average Bonchev–Trinajstić information content (AvgIpc) is 2.82. The molecule has 0 aliphatic heterocycles. The van der Waals surface area contributed by atoms with Crippen LogP contribution in [0, 0.1) is 0 Å². The van der Waals surface area contributed by atoms with Crippen LogP contribution in [0.4, 0.5) is 0 Å². The van der Waals surface area contributed by atoms with Gasteiger partial charge in [-0.2, -0.15) is 0 Å². The fourth-order valence-electron chi connectivity index (χ4n) is 1.40. The summed E-state index contributed by atoms with van der Waals surface area (Å²) in [4.78, 5) is 0. The van der Waals surface area contributed by atoms with Crippen LogP contribution in [0.1, 0.15) is 5.69 Å². The molecule has 0 amide bonds. The summed E-state index contributed by atoms with van der Waals surface area (Å²) < 4.78 is 17.8. The van der Waals surface area contributed by atoms with Gasteiger partial charge in [-0.25, -0.2) is 0 Å². The van der Waals surface area contributed by atoms with E-state index in [1.54, 1.807) is 4.68 Å². The minimum atomic E-state index is 0.593. The molecule has 0 aromatic carbocycles. The summed E-state index contributed by atoms with van der Waals surface area (Å²) in [7, 11) is 3.75. The first kappa shape index (κ1) is 16.0. The van der Waals surface area contributed by atoms with Crippen molar-refractivity contribution in [3.8, 4) is 0 Å². The van der Waals surface area contributed by atoms with Crippen molar-refractivity contribution in [2.75, 3.05) is 53.2 Å². The summed E-state index contributed by atoms with van der Waals surface area (Å²) in [5, 5.41) is 10.8. The number of nitrogens with zero attached hydrogens (tertiary/aromatic N) is 3. The summed E-state index contributed by atoms with van der Waals surface area (Å²) in [6.07, 6.45) is 2.67. The van der Waals surface area contributed by atoms with Gasteiger partial charge in [0, 0.05) is 26.2 Å². The number of likely N-dealkylation sites (N-methyl/N-ethyl adjacent to an activating group) is 1. The van der Waals surface area contributed by atoms with E-state index >= 15 is 0 Å². The minimum absolute atomic E-state index is 0.593. The van der Waals surface area contributed by atoms with E-state index in [9.17, 15) is 0 Å². The Morgan fingerprint density at radius 3 is 2.26 bits per heavy atom. The summed E-state index contributed by atoms with van der Waals surface area (Å²) in [6.45, 7) is 4.64. The second-order valence-corrected chi connectivity index (χ2v) is 4.07. The van der Waals surface area contributed by atoms with Crippen LogP contribution in [0.2, 0.25) is 0 Å². The number of hydrogen-bond acceptors (Lipinski definition) is 6. The normalized spacial score (nSPS) is 11.1. The zero-order valence-corrected chi connectivity index (χ0v) is 11.8. The van der Waals surface area contributed by atoms with Gasteiger partial charge in [-0.05, 0) is 7.05 Å². The lowest BCUT2D eigenvalue weighted by Crippen LogP contribution is -2.16. The number of aryl methyl sites for hydroxylation is 1. The second-order valence-electron chi connectivity index (χ2n) is 4.07. The van der Waals surface area contributed by atoms with Gasteiger partial charge in [0.1, 0.15) is 0 Å². The lowest BCUT2D eigenvalue weighted by molar-refractivity contribution is 0.0158. The van der Waals surface area contributed by atoms with E-state index in [1.165, 1.54) is 0 Å². The van der Waals surface area contributed by atoms with Crippen LogP contribution in [0.5, 0.6) is 0 Å². The van der Waals surface area contributed by atoms with Crippen LogP contribution in [0.15, 0.2) is 6.20 Å². The van der Waals surface area contributed by atoms with E-state index in [0.717, 1.165) is 18.7 Å². The minimum Gasteiger partial charge on any atom is -0.379 e. The molecule has 0 aliphatic carbocycles. The molecule has 0 atom stereocenters.